The summed E-state index contributed by atoms with van der Waals surface area (Å²) in [7, 11) is 0. The topological polar surface area (TPSA) is 43.9 Å². The van der Waals surface area contributed by atoms with Crippen LogP contribution in [0.5, 0.6) is 0 Å². The van der Waals surface area contributed by atoms with Gasteiger partial charge >= 0.3 is 0 Å². The smallest absolute Gasteiger partial charge is 0.265 e. The molecule has 0 saturated carbocycles. The molecule has 3 rings (SSSR count). The zero-order chi connectivity index (χ0) is 19.6. The molecule has 1 fully saturated rings. The van der Waals surface area contributed by atoms with Crippen molar-refractivity contribution in [2.45, 2.75) is 20.8 Å². The second kappa shape index (κ2) is 7.88. The largest absolute Gasteiger partial charge is 0.348 e. The average Bonchev–Trinajstić information content (AvgIpc) is 2.68. The lowest BCUT2D eigenvalue weighted by Crippen LogP contribution is -2.55. The summed E-state index contributed by atoms with van der Waals surface area (Å²) in [5.41, 5.74) is 3.29. The highest BCUT2D eigenvalue weighted by atomic mass is 32.1. The predicted molar refractivity (Wildman–Crippen MR) is 112 cm³/mol. The van der Waals surface area contributed by atoms with Crippen molar-refractivity contribution < 1.29 is 9.59 Å². The second-order valence-corrected chi connectivity index (χ2v) is 6.57. The molecule has 1 saturated heterocycles. The zero-order valence-corrected chi connectivity index (χ0v) is 16.6. The summed E-state index contributed by atoms with van der Waals surface area (Å²) in [5, 5.41) is 0.279. The Hall–Kier alpha value is -2.73. The molecule has 2 amide bonds. The maximum absolute atomic E-state index is 12.7. The van der Waals surface area contributed by atoms with Crippen molar-refractivity contribution in [3.05, 3.63) is 59.8 Å². The molecular formula is C21H23N3O2S. The predicted octanol–water partition coefficient (Wildman–Crippen LogP) is 3.35. The van der Waals surface area contributed by atoms with Crippen LogP contribution in [0.1, 0.15) is 26.3 Å². The number of carbonyl (C=O) groups excluding carboxylic acids is 2. The van der Waals surface area contributed by atoms with E-state index in [2.05, 4.69) is 17.9 Å². The molecule has 0 unspecified atom stereocenters. The van der Waals surface area contributed by atoms with Crippen molar-refractivity contribution in [1.29, 1.82) is 0 Å². The maximum Gasteiger partial charge on any atom is 0.265 e. The molecule has 6 heteroatoms. The van der Waals surface area contributed by atoms with Crippen LogP contribution in [0.4, 0.5) is 5.69 Å². The number of hydrogen-bond donors (Lipinski definition) is 0. The number of anilines is 1. The summed E-state index contributed by atoms with van der Waals surface area (Å²) in [6, 6.07) is 8.10. The Labute approximate surface area is 165 Å². The Morgan fingerprint density at radius 2 is 1.56 bits per heavy atom. The summed E-state index contributed by atoms with van der Waals surface area (Å²) in [5.74, 6) is -0.672. The van der Waals surface area contributed by atoms with E-state index in [4.69, 9.17) is 12.2 Å². The van der Waals surface area contributed by atoms with Crippen LogP contribution in [0.3, 0.4) is 0 Å². The van der Waals surface area contributed by atoms with Crippen LogP contribution in [0.15, 0.2) is 54.3 Å². The zero-order valence-electron chi connectivity index (χ0n) is 15.8. The molecule has 0 aliphatic carbocycles. The molecule has 0 atom stereocenters. The number of allylic oxidation sites excluding steroid dienone is 4. The van der Waals surface area contributed by atoms with E-state index in [1.165, 1.54) is 9.80 Å². The number of rotatable bonds is 4. The monoisotopic (exact) mass is 381 g/mol. The number of nitrogens with zero attached hydrogens (tertiary/aromatic N) is 3. The van der Waals surface area contributed by atoms with Gasteiger partial charge in [-0.3, -0.25) is 19.4 Å². The molecular weight excluding hydrogens is 358 g/mol. The second-order valence-electron chi connectivity index (χ2n) is 6.20. The molecule has 5 nitrogen and oxygen atoms in total. The van der Waals surface area contributed by atoms with E-state index in [-0.39, 0.29) is 22.5 Å². The first kappa shape index (κ1) is 19.0. The number of thiocarbonyl (C=S) groups is 1. The summed E-state index contributed by atoms with van der Waals surface area (Å²) < 4.78 is 0. The van der Waals surface area contributed by atoms with Crippen LogP contribution in [0, 0.1) is 0 Å². The van der Waals surface area contributed by atoms with E-state index in [1.807, 2.05) is 50.4 Å². The highest BCUT2D eigenvalue weighted by molar-refractivity contribution is 7.80. The van der Waals surface area contributed by atoms with Gasteiger partial charge in [0, 0.05) is 37.1 Å². The van der Waals surface area contributed by atoms with Gasteiger partial charge in [-0.1, -0.05) is 24.3 Å². The Balaban J connectivity index is 2.02. The van der Waals surface area contributed by atoms with Gasteiger partial charge in [0.1, 0.15) is 5.57 Å². The molecule has 0 spiro atoms. The van der Waals surface area contributed by atoms with Gasteiger partial charge in [0.05, 0.1) is 0 Å². The molecule has 27 heavy (non-hydrogen) atoms. The van der Waals surface area contributed by atoms with E-state index < -0.39 is 0 Å². The number of fused-ring (bicyclic) bond motifs is 1. The Kier molecular flexibility index (Phi) is 5.56. The van der Waals surface area contributed by atoms with Crippen molar-refractivity contribution >= 4 is 40.4 Å². The van der Waals surface area contributed by atoms with Crippen molar-refractivity contribution in [3.63, 3.8) is 0 Å². The molecule has 0 N–H and O–H groups in total. The van der Waals surface area contributed by atoms with Crippen LogP contribution in [-0.4, -0.2) is 46.4 Å². The molecule has 1 aromatic rings. The normalized spacial score (nSPS) is 18.5. The molecule has 2 aliphatic heterocycles. The minimum absolute atomic E-state index is 0.142. The van der Waals surface area contributed by atoms with Gasteiger partial charge in [-0.25, -0.2) is 0 Å². The number of hydrogen-bond acceptors (Lipinski definition) is 4. The summed E-state index contributed by atoms with van der Waals surface area (Å²) in [6.45, 7) is 7.53. The number of para-hydroxylation sites is 1. The van der Waals surface area contributed by atoms with E-state index in [0.29, 0.717) is 13.1 Å². The fourth-order valence-corrected chi connectivity index (χ4v) is 3.73. The number of carbonyl (C=O) groups is 2. The lowest BCUT2D eigenvalue weighted by Gasteiger charge is -2.35. The molecule has 2 heterocycles. The number of amides is 2. The Morgan fingerprint density at radius 1 is 0.926 bits per heavy atom. The molecule has 2 aliphatic rings. The van der Waals surface area contributed by atoms with Crippen LogP contribution >= 0.6 is 12.2 Å². The first-order valence-corrected chi connectivity index (χ1v) is 9.58. The quantitative estimate of drug-likeness (QED) is 0.456. The number of benzene rings is 1. The van der Waals surface area contributed by atoms with Crippen LogP contribution in [0.2, 0.25) is 0 Å². The van der Waals surface area contributed by atoms with Gasteiger partial charge in [-0.15, -0.1) is 0 Å². The molecule has 1 aromatic carbocycles. The molecule has 0 aromatic heterocycles. The number of likely N-dealkylation sites (N-methyl/N-ethyl adjacent to an activating group) is 2. The summed E-state index contributed by atoms with van der Waals surface area (Å²) in [6.07, 6.45) is 7.48. The fourth-order valence-electron chi connectivity index (χ4n) is 3.30. The average molecular weight is 382 g/mol. The third-order valence-electron chi connectivity index (χ3n) is 4.77. The highest BCUT2D eigenvalue weighted by Crippen LogP contribution is 2.32. The van der Waals surface area contributed by atoms with Gasteiger partial charge in [-0.2, -0.15) is 0 Å². The lowest BCUT2D eigenvalue weighted by atomic mass is 9.98. The minimum atomic E-state index is -0.336. The third kappa shape index (κ3) is 3.32. The molecule has 0 radical (unpaired) electrons. The third-order valence-corrected chi connectivity index (χ3v) is 5.21. The minimum Gasteiger partial charge on any atom is -0.348 e. The SMILES string of the molecule is CCN1C(=O)C(=C/C=C2\C=CN(CC)c3ccccc32)C(=O)N(CC)C1=S. The van der Waals surface area contributed by atoms with Crippen molar-refractivity contribution in [3.8, 4) is 0 Å². The van der Waals surface area contributed by atoms with Crippen molar-refractivity contribution in [2.75, 3.05) is 24.5 Å². The van der Waals surface area contributed by atoms with E-state index in [0.717, 1.165) is 23.4 Å². The van der Waals surface area contributed by atoms with Crippen LogP contribution in [-0.2, 0) is 9.59 Å². The molecule has 0 bridgehead atoms. The van der Waals surface area contributed by atoms with Crippen LogP contribution in [0.25, 0.3) is 5.57 Å². The standard InChI is InChI=1S/C21H23N3O2S/c1-4-22-14-13-15(16-9-7-8-10-18(16)22)11-12-17-19(25)23(5-2)21(27)24(6-3)20(17)26/h7-14H,4-6H2,1-3H3/b15-11+. The van der Waals surface area contributed by atoms with Crippen molar-refractivity contribution in [1.82, 2.24) is 9.80 Å². The Morgan fingerprint density at radius 3 is 2.15 bits per heavy atom. The van der Waals surface area contributed by atoms with Crippen LogP contribution < -0.4 is 4.90 Å². The van der Waals surface area contributed by atoms with Crippen molar-refractivity contribution in [2.24, 2.45) is 0 Å². The van der Waals surface area contributed by atoms with E-state index in [1.54, 1.807) is 6.08 Å². The fraction of sp³-hybridized carbons (Fsp3) is 0.286. The first-order chi connectivity index (χ1) is 13.0. The van der Waals surface area contributed by atoms with Gasteiger partial charge in [0.15, 0.2) is 5.11 Å². The van der Waals surface area contributed by atoms with E-state index in [9.17, 15) is 9.59 Å². The van der Waals surface area contributed by atoms with Gasteiger partial charge in [0.2, 0.25) is 0 Å². The first-order valence-electron chi connectivity index (χ1n) is 9.17. The Bertz CT molecular complexity index is 857. The maximum atomic E-state index is 12.7. The summed E-state index contributed by atoms with van der Waals surface area (Å²) >= 11 is 5.29. The molecule has 140 valence electrons. The lowest BCUT2D eigenvalue weighted by molar-refractivity contribution is -0.133. The summed E-state index contributed by atoms with van der Waals surface area (Å²) in [4.78, 5) is 30.5. The van der Waals surface area contributed by atoms with E-state index >= 15 is 0 Å². The highest BCUT2D eigenvalue weighted by Gasteiger charge is 2.37. The van der Waals surface area contributed by atoms with Gasteiger partial charge in [0.25, 0.3) is 11.8 Å². The van der Waals surface area contributed by atoms with Gasteiger partial charge in [-0.05, 0) is 56.8 Å². The van der Waals surface area contributed by atoms with Gasteiger partial charge < -0.3 is 4.90 Å².